The molecule has 1 aromatic heterocycles. The van der Waals surface area contributed by atoms with Crippen LogP contribution in [-0.2, 0) is 21.8 Å². The Labute approximate surface area is 165 Å². The van der Waals surface area contributed by atoms with Crippen molar-refractivity contribution in [3.05, 3.63) is 36.0 Å². The number of nitrogens with zero attached hydrogens (tertiary/aromatic N) is 3. The smallest absolute Gasteiger partial charge is 0.256 e. The molecule has 0 N–H and O–H groups in total. The highest BCUT2D eigenvalue weighted by molar-refractivity contribution is 7.90. The molecule has 8 heteroatoms. The van der Waals surface area contributed by atoms with E-state index in [0.717, 1.165) is 10.9 Å². The van der Waals surface area contributed by atoms with E-state index in [1.54, 1.807) is 11.4 Å². The van der Waals surface area contributed by atoms with E-state index in [9.17, 15) is 13.2 Å². The van der Waals surface area contributed by atoms with Gasteiger partial charge in [0.1, 0.15) is 0 Å². The van der Waals surface area contributed by atoms with Crippen molar-refractivity contribution >= 4 is 26.8 Å². The van der Waals surface area contributed by atoms with Crippen LogP contribution >= 0.6 is 0 Å². The van der Waals surface area contributed by atoms with E-state index in [0.29, 0.717) is 51.2 Å². The monoisotopic (exact) mass is 405 g/mol. The normalized spacial score (nSPS) is 25.0. The molecule has 4 rings (SSSR count). The Morgan fingerprint density at radius 3 is 2.75 bits per heavy atom. The Kier molecular flexibility index (Phi) is 5.20. The molecule has 2 aromatic rings. The minimum Gasteiger partial charge on any atom is -0.383 e. The molecule has 152 valence electrons. The summed E-state index contributed by atoms with van der Waals surface area (Å²) in [5.41, 5.74) is 1.71. The molecule has 2 fully saturated rings. The van der Waals surface area contributed by atoms with Crippen molar-refractivity contribution in [2.75, 3.05) is 39.9 Å². The zero-order valence-electron chi connectivity index (χ0n) is 16.4. The second-order valence-electron chi connectivity index (χ2n) is 7.73. The molecule has 1 amide bonds. The number of methoxy groups -OCH3 is 1. The lowest BCUT2D eigenvalue weighted by Crippen LogP contribution is -2.35. The fourth-order valence-electron chi connectivity index (χ4n) is 4.59. The van der Waals surface area contributed by atoms with Gasteiger partial charge in [0.15, 0.2) is 0 Å². The summed E-state index contributed by atoms with van der Waals surface area (Å²) in [4.78, 5) is 15.0. The van der Waals surface area contributed by atoms with Gasteiger partial charge in [-0.1, -0.05) is 18.2 Å². The van der Waals surface area contributed by atoms with E-state index in [1.165, 1.54) is 0 Å². The molecule has 0 radical (unpaired) electrons. The number of fused-ring (bicyclic) bond motifs is 2. The molecule has 2 atom stereocenters. The molecule has 0 bridgehead atoms. The van der Waals surface area contributed by atoms with Crippen LogP contribution in [0.25, 0.3) is 10.9 Å². The van der Waals surface area contributed by atoms with Gasteiger partial charge < -0.3 is 14.2 Å². The van der Waals surface area contributed by atoms with Crippen molar-refractivity contribution in [3.63, 3.8) is 0 Å². The number of para-hydroxylation sites is 1. The number of benzene rings is 1. The van der Waals surface area contributed by atoms with Gasteiger partial charge in [0.25, 0.3) is 5.91 Å². The van der Waals surface area contributed by atoms with Crippen LogP contribution < -0.4 is 0 Å². The second-order valence-corrected chi connectivity index (χ2v) is 9.89. The topological polar surface area (TPSA) is 71.8 Å². The molecule has 1 aromatic carbocycles. The quantitative estimate of drug-likeness (QED) is 0.776. The number of aromatic nitrogens is 1. The molecule has 7 nitrogen and oxygen atoms in total. The summed E-state index contributed by atoms with van der Waals surface area (Å²) in [7, 11) is 0.202. The van der Waals surface area contributed by atoms with Gasteiger partial charge in [-0.3, -0.25) is 4.79 Å². The van der Waals surface area contributed by atoms with E-state index < -0.39 is 15.3 Å². The first-order chi connectivity index (χ1) is 13.4. The maximum atomic E-state index is 13.2. The summed E-state index contributed by atoms with van der Waals surface area (Å²) in [5.74, 6) is 0.0672. The van der Waals surface area contributed by atoms with E-state index >= 15 is 0 Å². The Balaban J connectivity index is 1.52. The molecule has 3 heterocycles. The van der Waals surface area contributed by atoms with Crippen LogP contribution in [0.3, 0.4) is 0 Å². The van der Waals surface area contributed by atoms with E-state index in [-0.39, 0.29) is 11.8 Å². The summed E-state index contributed by atoms with van der Waals surface area (Å²) in [6, 6.07) is 7.87. The third-order valence-electron chi connectivity index (χ3n) is 6.12. The molecule has 2 saturated heterocycles. The standard InChI is InChI=1S/C20H27N3O4S/c1-21-14-17(16-5-3-4-6-18(16)21)20(24)22-9-7-15-13-23(11-12-27-2)28(25,26)19(15)8-10-22/h3-6,14-15,19H,7-13H2,1-2H3/t15-,19-/m1/s1. The molecular formula is C20H27N3O4S. The summed E-state index contributed by atoms with van der Waals surface area (Å²) in [5, 5.41) is 0.549. The van der Waals surface area contributed by atoms with Gasteiger partial charge in [-0.05, 0) is 24.8 Å². The summed E-state index contributed by atoms with van der Waals surface area (Å²) < 4.78 is 34.3. The lowest BCUT2D eigenvalue weighted by atomic mass is 10.0. The molecule has 28 heavy (non-hydrogen) atoms. The lowest BCUT2D eigenvalue weighted by Gasteiger charge is -2.22. The number of rotatable bonds is 4. The van der Waals surface area contributed by atoms with Crippen molar-refractivity contribution in [2.45, 2.75) is 18.1 Å². The second kappa shape index (κ2) is 7.50. The summed E-state index contributed by atoms with van der Waals surface area (Å²) in [6.45, 7) is 2.42. The molecule has 0 saturated carbocycles. The predicted molar refractivity (Wildman–Crippen MR) is 108 cm³/mol. The average molecular weight is 406 g/mol. The SMILES string of the molecule is COCCN1C[C@H]2CCN(C(=O)c3cn(C)c4ccccc34)CC[C@H]2S1(=O)=O. The fourth-order valence-corrected chi connectivity index (χ4v) is 6.82. The molecule has 0 spiro atoms. The van der Waals surface area contributed by atoms with Crippen LogP contribution in [0, 0.1) is 5.92 Å². The van der Waals surface area contributed by atoms with Crippen LogP contribution in [0.15, 0.2) is 30.5 Å². The first kappa shape index (κ1) is 19.4. The minimum atomic E-state index is -3.32. The van der Waals surface area contributed by atoms with Gasteiger partial charge in [0.05, 0.1) is 17.4 Å². The van der Waals surface area contributed by atoms with E-state index in [4.69, 9.17) is 4.74 Å². The first-order valence-electron chi connectivity index (χ1n) is 9.74. The van der Waals surface area contributed by atoms with Crippen LogP contribution in [0.1, 0.15) is 23.2 Å². The van der Waals surface area contributed by atoms with Gasteiger partial charge in [-0.15, -0.1) is 0 Å². The Morgan fingerprint density at radius 1 is 1.21 bits per heavy atom. The number of hydrogen-bond donors (Lipinski definition) is 0. The molecule has 0 aliphatic carbocycles. The lowest BCUT2D eigenvalue weighted by molar-refractivity contribution is 0.0760. The van der Waals surface area contributed by atoms with Crippen molar-refractivity contribution in [2.24, 2.45) is 13.0 Å². The third kappa shape index (κ3) is 3.23. The van der Waals surface area contributed by atoms with Crippen molar-refractivity contribution in [1.82, 2.24) is 13.8 Å². The summed E-state index contributed by atoms with van der Waals surface area (Å²) >= 11 is 0. The highest BCUT2D eigenvalue weighted by atomic mass is 32.2. The zero-order chi connectivity index (χ0) is 19.9. The van der Waals surface area contributed by atoms with Gasteiger partial charge in [0.2, 0.25) is 10.0 Å². The zero-order valence-corrected chi connectivity index (χ0v) is 17.2. The van der Waals surface area contributed by atoms with Gasteiger partial charge in [-0.2, -0.15) is 4.31 Å². The van der Waals surface area contributed by atoms with Crippen LogP contribution in [0.5, 0.6) is 0 Å². The van der Waals surface area contributed by atoms with Crippen molar-refractivity contribution < 1.29 is 17.9 Å². The van der Waals surface area contributed by atoms with Gasteiger partial charge in [-0.25, -0.2) is 8.42 Å². The minimum absolute atomic E-state index is 0.00888. The van der Waals surface area contributed by atoms with Gasteiger partial charge >= 0.3 is 0 Å². The Morgan fingerprint density at radius 2 is 1.96 bits per heavy atom. The highest BCUT2D eigenvalue weighted by Crippen LogP contribution is 2.34. The number of carbonyl (C=O) groups is 1. The number of likely N-dealkylation sites (tertiary alicyclic amines) is 1. The number of hydrogen-bond acceptors (Lipinski definition) is 4. The first-order valence-corrected chi connectivity index (χ1v) is 11.2. The highest BCUT2D eigenvalue weighted by Gasteiger charge is 2.47. The van der Waals surface area contributed by atoms with Crippen LogP contribution in [0.4, 0.5) is 0 Å². The Bertz CT molecular complexity index is 984. The number of ether oxygens (including phenoxy) is 1. The predicted octanol–water partition coefficient (Wildman–Crippen LogP) is 1.69. The van der Waals surface area contributed by atoms with Crippen molar-refractivity contribution in [3.8, 4) is 0 Å². The molecule has 2 aliphatic heterocycles. The number of sulfonamides is 1. The van der Waals surface area contributed by atoms with Gasteiger partial charge in [0, 0.05) is 57.4 Å². The number of amides is 1. The van der Waals surface area contributed by atoms with Crippen LogP contribution in [0.2, 0.25) is 0 Å². The number of carbonyl (C=O) groups excluding carboxylic acids is 1. The Hall–Kier alpha value is -1.90. The average Bonchev–Trinajstić information content (AvgIpc) is 3.02. The molecular weight excluding hydrogens is 378 g/mol. The summed E-state index contributed by atoms with van der Waals surface area (Å²) in [6.07, 6.45) is 3.08. The maximum Gasteiger partial charge on any atom is 0.256 e. The molecule has 0 unspecified atom stereocenters. The van der Waals surface area contributed by atoms with Crippen molar-refractivity contribution in [1.29, 1.82) is 0 Å². The molecule has 2 aliphatic rings. The third-order valence-corrected chi connectivity index (χ3v) is 8.56. The van der Waals surface area contributed by atoms with E-state index in [2.05, 4.69) is 0 Å². The van der Waals surface area contributed by atoms with E-state index in [1.807, 2.05) is 47.0 Å². The van der Waals surface area contributed by atoms with Crippen LogP contribution in [-0.4, -0.2) is 73.2 Å². The maximum absolute atomic E-state index is 13.2. The largest absolute Gasteiger partial charge is 0.383 e. The number of aryl methyl sites for hydroxylation is 1. The fraction of sp³-hybridized carbons (Fsp3) is 0.550.